The number of hydrogen-bond donors (Lipinski definition) is 2. The first-order chi connectivity index (χ1) is 10.8. The molecule has 0 aliphatic carbocycles. The van der Waals surface area contributed by atoms with Gasteiger partial charge in [0.05, 0.1) is 24.8 Å². The van der Waals surface area contributed by atoms with E-state index in [1.807, 2.05) is 26.0 Å². The van der Waals surface area contributed by atoms with Crippen LogP contribution in [0.3, 0.4) is 0 Å². The number of amides is 2. The second-order valence-corrected chi connectivity index (χ2v) is 6.33. The maximum absolute atomic E-state index is 12.2. The quantitative estimate of drug-likeness (QED) is 0.784. The summed E-state index contributed by atoms with van der Waals surface area (Å²) >= 11 is 3.42. The van der Waals surface area contributed by atoms with Gasteiger partial charge < -0.3 is 20.1 Å². The van der Waals surface area contributed by atoms with Gasteiger partial charge in [0.25, 0.3) is 0 Å². The van der Waals surface area contributed by atoms with Crippen LogP contribution >= 0.6 is 15.9 Å². The van der Waals surface area contributed by atoms with E-state index in [2.05, 4.69) is 26.6 Å². The molecule has 0 fully saturated rings. The summed E-state index contributed by atoms with van der Waals surface area (Å²) < 4.78 is 11.5. The Kier molecular flexibility index (Phi) is 5.30. The highest BCUT2D eigenvalue weighted by Gasteiger charge is 2.33. The van der Waals surface area contributed by atoms with Crippen LogP contribution in [0.4, 0.5) is 4.79 Å². The Labute approximate surface area is 143 Å². The molecular formula is C16H19BrN2O4. The van der Waals surface area contributed by atoms with Crippen molar-refractivity contribution in [2.24, 2.45) is 0 Å². The topological polar surface area (TPSA) is 76.7 Å². The number of rotatable bonds is 4. The van der Waals surface area contributed by atoms with Gasteiger partial charge in [0.15, 0.2) is 0 Å². The third kappa shape index (κ3) is 3.85. The standard InChI is InChI=1S/C16H19BrN2O4/c1-8(2)23-12-6-5-10(17)7-11(12)14-13(15(20)22-4)9(3)18-16(21)19-14/h5-8,14H,1-4H3,(H2,18,19,21)/t14-/m0/s1. The number of ether oxygens (including phenoxy) is 2. The summed E-state index contributed by atoms with van der Waals surface area (Å²) in [4.78, 5) is 24.0. The van der Waals surface area contributed by atoms with Gasteiger partial charge in [-0.15, -0.1) is 0 Å². The molecule has 7 heteroatoms. The molecule has 1 atom stereocenters. The zero-order valence-electron chi connectivity index (χ0n) is 13.4. The van der Waals surface area contributed by atoms with Gasteiger partial charge in [-0.05, 0) is 39.0 Å². The fourth-order valence-electron chi connectivity index (χ4n) is 2.41. The van der Waals surface area contributed by atoms with E-state index in [1.54, 1.807) is 13.0 Å². The maximum atomic E-state index is 12.2. The lowest BCUT2D eigenvalue weighted by atomic mass is 9.95. The van der Waals surface area contributed by atoms with Crippen LogP contribution in [0.5, 0.6) is 5.75 Å². The zero-order valence-corrected chi connectivity index (χ0v) is 15.0. The molecule has 2 N–H and O–H groups in total. The van der Waals surface area contributed by atoms with E-state index in [4.69, 9.17) is 9.47 Å². The normalized spacial score (nSPS) is 17.7. The molecule has 6 nitrogen and oxygen atoms in total. The number of urea groups is 1. The Bertz CT molecular complexity index is 670. The Morgan fingerprint density at radius 3 is 2.65 bits per heavy atom. The molecule has 0 aromatic heterocycles. The highest BCUT2D eigenvalue weighted by Crippen LogP contribution is 2.35. The molecule has 0 unspecified atom stereocenters. The summed E-state index contributed by atoms with van der Waals surface area (Å²) in [7, 11) is 1.31. The van der Waals surface area contributed by atoms with Crippen LogP contribution < -0.4 is 15.4 Å². The summed E-state index contributed by atoms with van der Waals surface area (Å²) in [5.41, 5.74) is 1.49. The summed E-state index contributed by atoms with van der Waals surface area (Å²) in [6, 6.07) is 4.44. The first-order valence-corrected chi connectivity index (χ1v) is 7.95. The predicted octanol–water partition coefficient (Wildman–Crippen LogP) is 3.04. The van der Waals surface area contributed by atoms with E-state index in [0.29, 0.717) is 22.6 Å². The largest absolute Gasteiger partial charge is 0.491 e. The molecule has 1 aliphatic rings. The molecule has 2 amide bonds. The summed E-state index contributed by atoms with van der Waals surface area (Å²) in [6.07, 6.45) is -0.0426. The minimum absolute atomic E-state index is 0.0426. The van der Waals surface area contributed by atoms with Gasteiger partial charge in [-0.25, -0.2) is 9.59 Å². The van der Waals surface area contributed by atoms with Crippen molar-refractivity contribution in [3.05, 3.63) is 39.5 Å². The Morgan fingerprint density at radius 1 is 1.35 bits per heavy atom. The van der Waals surface area contributed by atoms with Crippen LogP contribution in [-0.2, 0) is 9.53 Å². The van der Waals surface area contributed by atoms with Crippen LogP contribution in [0.2, 0.25) is 0 Å². The first-order valence-electron chi connectivity index (χ1n) is 7.16. The smallest absolute Gasteiger partial charge is 0.337 e. The molecule has 0 saturated heterocycles. The maximum Gasteiger partial charge on any atom is 0.337 e. The van der Waals surface area contributed by atoms with Crippen molar-refractivity contribution < 1.29 is 19.1 Å². The first kappa shape index (κ1) is 17.3. The number of hydrogen-bond acceptors (Lipinski definition) is 4. The summed E-state index contributed by atoms with van der Waals surface area (Å²) in [5.74, 6) is 0.0973. The van der Waals surface area contributed by atoms with E-state index in [-0.39, 0.29) is 12.1 Å². The molecule has 0 radical (unpaired) electrons. The average molecular weight is 383 g/mol. The number of carbonyl (C=O) groups is 2. The molecule has 124 valence electrons. The highest BCUT2D eigenvalue weighted by molar-refractivity contribution is 9.10. The zero-order chi connectivity index (χ0) is 17.1. The van der Waals surface area contributed by atoms with Crippen LogP contribution in [0.15, 0.2) is 33.9 Å². The second kappa shape index (κ2) is 7.04. The highest BCUT2D eigenvalue weighted by atomic mass is 79.9. The van der Waals surface area contributed by atoms with E-state index in [1.165, 1.54) is 7.11 Å². The van der Waals surface area contributed by atoms with Crippen molar-refractivity contribution >= 4 is 27.9 Å². The Hall–Kier alpha value is -2.02. The molecule has 1 heterocycles. The lowest BCUT2D eigenvalue weighted by molar-refractivity contribution is -0.136. The number of halogens is 1. The number of carbonyl (C=O) groups excluding carboxylic acids is 2. The Morgan fingerprint density at radius 2 is 2.04 bits per heavy atom. The molecule has 2 rings (SSSR count). The number of benzene rings is 1. The van der Waals surface area contributed by atoms with Crippen LogP contribution in [-0.4, -0.2) is 25.2 Å². The third-order valence-corrected chi connectivity index (χ3v) is 3.81. The fraction of sp³-hybridized carbons (Fsp3) is 0.375. The molecule has 0 spiro atoms. The van der Waals surface area contributed by atoms with E-state index in [0.717, 1.165) is 4.47 Å². The molecule has 1 aromatic carbocycles. The van der Waals surface area contributed by atoms with Crippen molar-refractivity contribution in [1.82, 2.24) is 10.6 Å². The predicted molar refractivity (Wildman–Crippen MR) is 89.0 cm³/mol. The fourth-order valence-corrected chi connectivity index (χ4v) is 2.79. The van der Waals surface area contributed by atoms with Crippen LogP contribution in [0.1, 0.15) is 32.4 Å². The minimum Gasteiger partial charge on any atom is -0.491 e. The van der Waals surface area contributed by atoms with Gasteiger partial charge in [-0.1, -0.05) is 15.9 Å². The lowest BCUT2D eigenvalue weighted by Crippen LogP contribution is -2.45. The SMILES string of the molecule is COC(=O)C1=C(C)NC(=O)N[C@H]1c1cc(Br)ccc1OC(C)C. The van der Waals surface area contributed by atoms with Crippen molar-refractivity contribution in [2.75, 3.05) is 7.11 Å². The van der Waals surface area contributed by atoms with Crippen molar-refractivity contribution in [3.8, 4) is 5.75 Å². The summed E-state index contributed by atoms with van der Waals surface area (Å²) in [6.45, 7) is 5.49. The average Bonchev–Trinajstić information content (AvgIpc) is 2.47. The van der Waals surface area contributed by atoms with Crippen LogP contribution in [0.25, 0.3) is 0 Å². The van der Waals surface area contributed by atoms with Crippen LogP contribution in [0, 0.1) is 0 Å². The molecule has 1 aliphatic heterocycles. The van der Waals surface area contributed by atoms with Gasteiger partial charge in [-0.2, -0.15) is 0 Å². The van der Waals surface area contributed by atoms with Gasteiger partial charge in [0, 0.05) is 15.7 Å². The number of methoxy groups -OCH3 is 1. The van der Waals surface area contributed by atoms with E-state index >= 15 is 0 Å². The molecule has 1 aromatic rings. The second-order valence-electron chi connectivity index (χ2n) is 5.41. The molecule has 0 saturated carbocycles. The third-order valence-electron chi connectivity index (χ3n) is 3.32. The van der Waals surface area contributed by atoms with Crippen molar-refractivity contribution in [1.29, 1.82) is 0 Å². The monoisotopic (exact) mass is 382 g/mol. The molecule has 0 bridgehead atoms. The lowest BCUT2D eigenvalue weighted by Gasteiger charge is -2.29. The Balaban J connectivity index is 2.57. The van der Waals surface area contributed by atoms with Gasteiger partial charge in [0.2, 0.25) is 0 Å². The van der Waals surface area contributed by atoms with Gasteiger partial charge in [0.1, 0.15) is 5.75 Å². The van der Waals surface area contributed by atoms with E-state index in [9.17, 15) is 9.59 Å². The minimum atomic E-state index is -0.651. The number of nitrogens with one attached hydrogen (secondary N) is 2. The van der Waals surface area contributed by atoms with Gasteiger partial charge in [-0.3, -0.25) is 0 Å². The molecular weight excluding hydrogens is 364 g/mol. The van der Waals surface area contributed by atoms with Gasteiger partial charge >= 0.3 is 12.0 Å². The number of esters is 1. The van der Waals surface area contributed by atoms with E-state index < -0.39 is 12.0 Å². The molecule has 23 heavy (non-hydrogen) atoms. The van der Waals surface area contributed by atoms with Crippen molar-refractivity contribution in [2.45, 2.75) is 32.9 Å². The summed E-state index contributed by atoms with van der Waals surface area (Å²) in [5, 5.41) is 5.36. The number of allylic oxidation sites excluding steroid dienone is 1. The van der Waals surface area contributed by atoms with Crippen molar-refractivity contribution in [3.63, 3.8) is 0 Å².